The topological polar surface area (TPSA) is 63.6 Å². The maximum absolute atomic E-state index is 11.6. The van der Waals surface area contributed by atoms with Crippen LogP contribution in [-0.4, -0.2) is 23.7 Å². The molecule has 0 aromatic rings. The van der Waals surface area contributed by atoms with E-state index in [1.165, 1.54) is 0 Å². The Labute approximate surface area is 90.6 Å². The van der Waals surface area contributed by atoms with Crippen LogP contribution in [0.1, 0.15) is 40.0 Å². The zero-order valence-electron chi connectivity index (χ0n) is 9.66. The standard InChI is InChI=1S/C11H20O4/c1-4-7-15-11(14)9(6-3)8(5-2)10(12)13/h8-9H,4-7H2,1-3H3,(H,12,13). The summed E-state index contributed by atoms with van der Waals surface area (Å²) in [7, 11) is 0. The number of carbonyl (C=O) groups excluding carboxylic acids is 1. The quantitative estimate of drug-likeness (QED) is 0.662. The maximum atomic E-state index is 11.6. The van der Waals surface area contributed by atoms with Crippen LogP contribution < -0.4 is 0 Å². The molecule has 2 atom stereocenters. The predicted octanol–water partition coefficient (Wildman–Crippen LogP) is 2.08. The van der Waals surface area contributed by atoms with Gasteiger partial charge in [0.05, 0.1) is 18.4 Å². The van der Waals surface area contributed by atoms with Gasteiger partial charge in [0.2, 0.25) is 0 Å². The number of rotatable bonds is 7. The number of esters is 1. The Morgan fingerprint density at radius 3 is 2.00 bits per heavy atom. The Hall–Kier alpha value is -1.06. The molecule has 15 heavy (non-hydrogen) atoms. The molecule has 0 saturated heterocycles. The Kier molecular flexibility index (Phi) is 6.75. The summed E-state index contributed by atoms with van der Waals surface area (Å²) in [6.45, 7) is 5.85. The Balaban J connectivity index is 4.43. The molecule has 0 amide bonds. The third kappa shape index (κ3) is 4.32. The van der Waals surface area contributed by atoms with E-state index in [9.17, 15) is 9.59 Å². The Morgan fingerprint density at radius 2 is 1.67 bits per heavy atom. The van der Waals surface area contributed by atoms with E-state index < -0.39 is 17.8 Å². The number of carboxylic acid groups (broad SMARTS) is 1. The molecule has 4 heteroatoms. The fourth-order valence-corrected chi connectivity index (χ4v) is 1.56. The third-order valence-electron chi connectivity index (χ3n) is 2.43. The van der Waals surface area contributed by atoms with Crippen LogP contribution in [-0.2, 0) is 14.3 Å². The molecule has 0 aliphatic carbocycles. The average Bonchev–Trinajstić information content (AvgIpc) is 2.21. The van der Waals surface area contributed by atoms with Crippen molar-refractivity contribution in [1.82, 2.24) is 0 Å². The van der Waals surface area contributed by atoms with Crippen LogP contribution in [0.2, 0.25) is 0 Å². The van der Waals surface area contributed by atoms with E-state index in [1.807, 2.05) is 13.8 Å². The molecule has 0 aliphatic rings. The van der Waals surface area contributed by atoms with E-state index in [2.05, 4.69) is 0 Å². The highest BCUT2D eigenvalue weighted by atomic mass is 16.5. The molecule has 88 valence electrons. The number of hydrogen-bond acceptors (Lipinski definition) is 3. The predicted molar refractivity (Wildman–Crippen MR) is 56.4 cm³/mol. The first-order chi connectivity index (χ1) is 7.08. The lowest BCUT2D eigenvalue weighted by atomic mass is 9.88. The summed E-state index contributed by atoms with van der Waals surface area (Å²) in [6, 6.07) is 0. The van der Waals surface area contributed by atoms with Gasteiger partial charge in [0.25, 0.3) is 0 Å². The second-order valence-electron chi connectivity index (χ2n) is 3.54. The first-order valence-corrected chi connectivity index (χ1v) is 5.47. The van der Waals surface area contributed by atoms with Crippen LogP contribution in [0.25, 0.3) is 0 Å². The van der Waals surface area contributed by atoms with Gasteiger partial charge < -0.3 is 9.84 Å². The summed E-state index contributed by atoms with van der Waals surface area (Å²) in [4.78, 5) is 22.5. The zero-order valence-corrected chi connectivity index (χ0v) is 9.66. The number of hydrogen-bond donors (Lipinski definition) is 1. The number of aliphatic carboxylic acids is 1. The van der Waals surface area contributed by atoms with Crippen LogP contribution in [0.5, 0.6) is 0 Å². The van der Waals surface area contributed by atoms with Crippen LogP contribution in [0.15, 0.2) is 0 Å². The molecule has 0 rings (SSSR count). The zero-order chi connectivity index (χ0) is 11.8. The third-order valence-corrected chi connectivity index (χ3v) is 2.43. The van der Waals surface area contributed by atoms with Gasteiger partial charge in [0.15, 0.2) is 0 Å². The molecule has 1 N–H and O–H groups in total. The molecule has 0 fully saturated rings. The van der Waals surface area contributed by atoms with Crippen LogP contribution in [0.4, 0.5) is 0 Å². The molecule has 0 aromatic heterocycles. The summed E-state index contributed by atoms with van der Waals surface area (Å²) in [5.74, 6) is -2.44. The number of ether oxygens (including phenoxy) is 1. The van der Waals surface area contributed by atoms with Crippen molar-refractivity contribution in [2.24, 2.45) is 11.8 Å². The van der Waals surface area contributed by atoms with E-state index in [4.69, 9.17) is 9.84 Å². The molecule has 0 radical (unpaired) electrons. The minimum absolute atomic E-state index is 0.366. The summed E-state index contributed by atoms with van der Waals surface area (Å²) in [5.41, 5.74) is 0. The second kappa shape index (κ2) is 7.26. The van der Waals surface area contributed by atoms with Crippen LogP contribution in [0, 0.1) is 11.8 Å². The second-order valence-corrected chi connectivity index (χ2v) is 3.54. The van der Waals surface area contributed by atoms with Gasteiger partial charge in [-0.3, -0.25) is 9.59 Å². The number of carboxylic acids is 1. The highest BCUT2D eigenvalue weighted by Gasteiger charge is 2.31. The Bertz CT molecular complexity index is 213. The maximum Gasteiger partial charge on any atom is 0.309 e. The smallest absolute Gasteiger partial charge is 0.309 e. The van der Waals surface area contributed by atoms with Crippen molar-refractivity contribution in [2.45, 2.75) is 40.0 Å². The van der Waals surface area contributed by atoms with Crippen LogP contribution >= 0.6 is 0 Å². The number of carbonyl (C=O) groups is 2. The molecule has 0 bridgehead atoms. The molecule has 0 heterocycles. The van der Waals surface area contributed by atoms with Gasteiger partial charge in [-0.15, -0.1) is 0 Å². The van der Waals surface area contributed by atoms with Gasteiger partial charge >= 0.3 is 11.9 Å². The lowest BCUT2D eigenvalue weighted by molar-refractivity contribution is -0.158. The molecule has 0 aliphatic heterocycles. The monoisotopic (exact) mass is 216 g/mol. The van der Waals surface area contributed by atoms with E-state index >= 15 is 0 Å². The van der Waals surface area contributed by atoms with Crippen molar-refractivity contribution in [2.75, 3.05) is 6.61 Å². The summed E-state index contributed by atoms with van der Waals surface area (Å²) >= 11 is 0. The van der Waals surface area contributed by atoms with E-state index in [-0.39, 0.29) is 5.97 Å². The average molecular weight is 216 g/mol. The first-order valence-electron chi connectivity index (χ1n) is 5.47. The summed E-state index contributed by atoms with van der Waals surface area (Å²) in [5, 5.41) is 8.94. The van der Waals surface area contributed by atoms with Crippen molar-refractivity contribution in [3.05, 3.63) is 0 Å². The van der Waals surface area contributed by atoms with Gasteiger partial charge in [-0.25, -0.2) is 0 Å². The molecule has 0 saturated carbocycles. The van der Waals surface area contributed by atoms with Crippen molar-refractivity contribution < 1.29 is 19.4 Å². The molecular formula is C11H20O4. The normalized spacial score (nSPS) is 14.3. The minimum atomic E-state index is -0.919. The fraction of sp³-hybridized carbons (Fsp3) is 0.818. The van der Waals surface area contributed by atoms with Gasteiger partial charge in [0, 0.05) is 0 Å². The van der Waals surface area contributed by atoms with E-state index in [0.717, 1.165) is 6.42 Å². The summed E-state index contributed by atoms with van der Waals surface area (Å²) in [6.07, 6.45) is 1.72. The van der Waals surface area contributed by atoms with Gasteiger partial charge in [0.1, 0.15) is 0 Å². The van der Waals surface area contributed by atoms with Crippen LogP contribution in [0.3, 0.4) is 0 Å². The Morgan fingerprint density at radius 1 is 1.13 bits per heavy atom. The first kappa shape index (κ1) is 13.9. The SMILES string of the molecule is CCCOC(=O)C(CC)C(CC)C(=O)O. The molecule has 0 spiro atoms. The minimum Gasteiger partial charge on any atom is -0.481 e. The highest BCUT2D eigenvalue weighted by Crippen LogP contribution is 2.21. The molecule has 0 aromatic carbocycles. The largest absolute Gasteiger partial charge is 0.481 e. The lowest BCUT2D eigenvalue weighted by Crippen LogP contribution is -2.30. The van der Waals surface area contributed by atoms with Crippen molar-refractivity contribution >= 4 is 11.9 Å². The van der Waals surface area contributed by atoms with Gasteiger partial charge in [-0.05, 0) is 19.3 Å². The van der Waals surface area contributed by atoms with Gasteiger partial charge in [-0.1, -0.05) is 20.8 Å². The molecule has 4 nitrogen and oxygen atoms in total. The molecular weight excluding hydrogens is 196 g/mol. The van der Waals surface area contributed by atoms with Crippen molar-refractivity contribution in [3.63, 3.8) is 0 Å². The van der Waals surface area contributed by atoms with E-state index in [0.29, 0.717) is 19.4 Å². The summed E-state index contributed by atoms with van der Waals surface area (Å²) < 4.78 is 4.97. The fourth-order valence-electron chi connectivity index (χ4n) is 1.56. The molecule has 2 unspecified atom stereocenters. The van der Waals surface area contributed by atoms with Crippen molar-refractivity contribution in [1.29, 1.82) is 0 Å². The lowest BCUT2D eigenvalue weighted by Gasteiger charge is -2.19. The van der Waals surface area contributed by atoms with Gasteiger partial charge in [-0.2, -0.15) is 0 Å². The highest BCUT2D eigenvalue weighted by molar-refractivity contribution is 5.81. The van der Waals surface area contributed by atoms with Crippen molar-refractivity contribution in [3.8, 4) is 0 Å². The van der Waals surface area contributed by atoms with E-state index in [1.54, 1.807) is 6.92 Å².